The Bertz CT molecular complexity index is 846. The van der Waals surface area contributed by atoms with Gasteiger partial charge in [-0.05, 0) is 18.6 Å². The Labute approximate surface area is 143 Å². The van der Waals surface area contributed by atoms with Crippen molar-refractivity contribution in [2.45, 2.75) is 19.1 Å². The van der Waals surface area contributed by atoms with Crippen molar-refractivity contribution in [2.24, 2.45) is 0 Å². The first-order chi connectivity index (χ1) is 12.0. The molecule has 0 unspecified atom stereocenters. The molecule has 25 heavy (non-hydrogen) atoms. The van der Waals surface area contributed by atoms with Crippen molar-refractivity contribution in [3.63, 3.8) is 0 Å². The Morgan fingerprint density at radius 1 is 1.24 bits per heavy atom. The fourth-order valence-corrected chi connectivity index (χ4v) is 2.99. The maximum Gasteiger partial charge on any atom is 0.329 e. The summed E-state index contributed by atoms with van der Waals surface area (Å²) < 4.78 is 5.34. The van der Waals surface area contributed by atoms with E-state index in [1.807, 2.05) is 30.3 Å². The van der Waals surface area contributed by atoms with Crippen molar-refractivity contribution >= 4 is 11.9 Å². The summed E-state index contributed by atoms with van der Waals surface area (Å²) in [6.07, 6.45) is -0.620. The summed E-state index contributed by atoms with van der Waals surface area (Å²) in [6, 6.07) is 10.8. The van der Waals surface area contributed by atoms with Crippen molar-refractivity contribution < 1.29 is 19.4 Å². The molecule has 0 saturated carbocycles. The zero-order valence-electron chi connectivity index (χ0n) is 13.6. The van der Waals surface area contributed by atoms with Gasteiger partial charge in [-0.25, -0.2) is 4.79 Å². The quantitative estimate of drug-likeness (QED) is 0.877. The largest absolute Gasteiger partial charge is 0.480 e. The number of carboxylic acid groups (broad SMARTS) is 1. The molecular formula is C18H18N2O5. The van der Waals surface area contributed by atoms with Crippen LogP contribution in [0.15, 0.2) is 47.3 Å². The van der Waals surface area contributed by atoms with Gasteiger partial charge >= 0.3 is 5.97 Å². The van der Waals surface area contributed by atoms with Crippen LogP contribution >= 0.6 is 0 Å². The predicted octanol–water partition coefficient (Wildman–Crippen LogP) is 1.36. The third kappa shape index (κ3) is 3.46. The highest BCUT2D eigenvalue weighted by atomic mass is 16.5. The molecule has 2 atom stereocenters. The molecule has 0 aliphatic carbocycles. The van der Waals surface area contributed by atoms with Gasteiger partial charge in [-0.2, -0.15) is 0 Å². The van der Waals surface area contributed by atoms with Crippen molar-refractivity contribution in [2.75, 3.05) is 13.2 Å². The van der Waals surface area contributed by atoms with Crippen LogP contribution in [0.1, 0.15) is 17.3 Å². The minimum atomic E-state index is -1.13. The first-order valence-electron chi connectivity index (χ1n) is 7.92. The van der Waals surface area contributed by atoms with Gasteiger partial charge in [0.15, 0.2) is 6.04 Å². The van der Waals surface area contributed by atoms with E-state index in [1.54, 1.807) is 13.0 Å². The lowest BCUT2D eigenvalue weighted by molar-refractivity contribution is -0.152. The molecule has 1 aliphatic rings. The van der Waals surface area contributed by atoms with Crippen molar-refractivity contribution in [3.05, 3.63) is 58.4 Å². The molecule has 1 aliphatic heterocycles. The fourth-order valence-electron chi connectivity index (χ4n) is 2.99. The Hall–Kier alpha value is -2.93. The number of ether oxygens (including phenoxy) is 1. The molecule has 2 N–H and O–H groups in total. The van der Waals surface area contributed by atoms with Crippen LogP contribution in [0, 0.1) is 0 Å². The van der Waals surface area contributed by atoms with Gasteiger partial charge in [0.05, 0.1) is 12.7 Å². The predicted molar refractivity (Wildman–Crippen MR) is 90.4 cm³/mol. The van der Waals surface area contributed by atoms with Gasteiger partial charge in [0.2, 0.25) is 5.56 Å². The summed E-state index contributed by atoms with van der Waals surface area (Å²) in [6.45, 7) is 2.03. The maximum atomic E-state index is 12.9. The number of H-pyrrole nitrogens is 1. The molecular weight excluding hydrogens is 324 g/mol. The lowest BCUT2D eigenvalue weighted by atomic mass is 10.1. The van der Waals surface area contributed by atoms with Gasteiger partial charge in [0, 0.05) is 23.9 Å². The number of rotatable bonds is 3. The highest BCUT2D eigenvalue weighted by Crippen LogP contribution is 2.20. The van der Waals surface area contributed by atoms with E-state index in [2.05, 4.69) is 4.98 Å². The number of morpholine rings is 1. The number of carbonyl (C=O) groups excluding carboxylic acids is 1. The second kappa shape index (κ2) is 6.90. The topological polar surface area (TPSA) is 99.7 Å². The van der Waals surface area contributed by atoms with Crippen molar-refractivity contribution in [3.8, 4) is 11.3 Å². The van der Waals surface area contributed by atoms with E-state index in [4.69, 9.17) is 4.74 Å². The number of carboxylic acids is 1. The zero-order valence-corrected chi connectivity index (χ0v) is 13.6. The Balaban J connectivity index is 1.98. The molecule has 2 heterocycles. The fraction of sp³-hybridized carbons (Fsp3) is 0.278. The summed E-state index contributed by atoms with van der Waals surface area (Å²) in [5.74, 6) is -1.63. The molecule has 2 aromatic rings. The third-order valence-electron chi connectivity index (χ3n) is 4.18. The van der Waals surface area contributed by atoms with Crippen molar-refractivity contribution in [1.82, 2.24) is 9.88 Å². The molecule has 1 amide bonds. The second-order valence-corrected chi connectivity index (χ2v) is 5.87. The summed E-state index contributed by atoms with van der Waals surface area (Å²) in [7, 11) is 0. The minimum absolute atomic E-state index is 0.156. The molecule has 1 aromatic carbocycles. The van der Waals surface area contributed by atoms with E-state index in [-0.39, 0.29) is 18.7 Å². The number of pyridine rings is 1. The number of aromatic nitrogens is 1. The molecule has 1 fully saturated rings. The summed E-state index contributed by atoms with van der Waals surface area (Å²) in [5.41, 5.74) is 1.00. The molecule has 7 nitrogen and oxygen atoms in total. The molecule has 1 saturated heterocycles. The lowest BCUT2D eigenvalue weighted by Gasteiger charge is -2.37. The van der Waals surface area contributed by atoms with Gasteiger partial charge in [-0.15, -0.1) is 0 Å². The first-order valence-corrected chi connectivity index (χ1v) is 7.92. The maximum absolute atomic E-state index is 12.9. The normalized spacial score (nSPS) is 20.3. The molecule has 7 heteroatoms. The van der Waals surface area contributed by atoms with Crippen LogP contribution in [0.2, 0.25) is 0 Å². The molecule has 3 rings (SSSR count). The highest BCUT2D eigenvalue weighted by Gasteiger charge is 2.38. The first kappa shape index (κ1) is 16.9. The van der Waals surface area contributed by atoms with E-state index in [1.165, 1.54) is 11.0 Å². The average molecular weight is 342 g/mol. The van der Waals surface area contributed by atoms with Crippen LogP contribution in [-0.2, 0) is 9.53 Å². The number of amides is 1. The van der Waals surface area contributed by atoms with Crippen LogP contribution in [-0.4, -0.2) is 52.2 Å². The Kier molecular flexibility index (Phi) is 4.67. The van der Waals surface area contributed by atoms with Gasteiger partial charge < -0.3 is 19.7 Å². The number of nitrogens with zero attached hydrogens (tertiary/aromatic N) is 1. The number of carbonyl (C=O) groups is 2. The van der Waals surface area contributed by atoms with Crippen LogP contribution in [0.25, 0.3) is 11.3 Å². The van der Waals surface area contributed by atoms with E-state index in [9.17, 15) is 19.5 Å². The Morgan fingerprint density at radius 3 is 2.64 bits per heavy atom. The SMILES string of the molecule is C[C@H]1OCCN(C(=O)c2cc(-c3ccccc3)[nH]c(=O)c2)[C@@H]1C(=O)O. The van der Waals surface area contributed by atoms with E-state index >= 15 is 0 Å². The molecule has 0 bridgehead atoms. The van der Waals surface area contributed by atoms with Crippen LogP contribution < -0.4 is 5.56 Å². The molecule has 130 valence electrons. The second-order valence-electron chi connectivity index (χ2n) is 5.87. The van der Waals surface area contributed by atoms with Crippen LogP contribution in [0.4, 0.5) is 0 Å². The lowest BCUT2D eigenvalue weighted by Crippen LogP contribution is -2.56. The molecule has 1 aromatic heterocycles. The number of aromatic amines is 1. The van der Waals surface area contributed by atoms with Gasteiger partial charge in [0.25, 0.3) is 5.91 Å². The van der Waals surface area contributed by atoms with Crippen molar-refractivity contribution in [1.29, 1.82) is 0 Å². The minimum Gasteiger partial charge on any atom is -0.480 e. The number of aliphatic carboxylic acids is 1. The van der Waals surface area contributed by atoms with E-state index in [0.717, 1.165) is 5.56 Å². The monoisotopic (exact) mass is 342 g/mol. The third-order valence-corrected chi connectivity index (χ3v) is 4.18. The van der Waals surface area contributed by atoms with Gasteiger partial charge in [0.1, 0.15) is 0 Å². The van der Waals surface area contributed by atoms with Gasteiger partial charge in [-0.1, -0.05) is 30.3 Å². The number of nitrogens with one attached hydrogen (secondary N) is 1. The summed E-state index contributed by atoms with van der Waals surface area (Å²) in [5, 5.41) is 9.42. The van der Waals surface area contributed by atoms with Gasteiger partial charge in [-0.3, -0.25) is 9.59 Å². The zero-order chi connectivity index (χ0) is 18.0. The Morgan fingerprint density at radius 2 is 1.96 bits per heavy atom. The smallest absolute Gasteiger partial charge is 0.329 e. The average Bonchev–Trinajstić information content (AvgIpc) is 2.60. The molecule has 0 radical (unpaired) electrons. The summed E-state index contributed by atoms with van der Waals surface area (Å²) in [4.78, 5) is 40.3. The summed E-state index contributed by atoms with van der Waals surface area (Å²) >= 11 is 0. The number of benzene rings is 1. The number of hydrogen-bond acceptors (Lipinski definition) is 4. The molecule has 0 spiro atoms. The van der Waals surface area contributed by atoms with Crippen LogP contribution in [0.5, 0.6) is 0 Å². The van der Waals surface area contributed by atoms with Crippen LogP contribution in [0.3, 0.4) is 0 Å². The number of hydrogen-bond donors (Lipinski definition) is 2. The van der Waals surface area contributed by atoms with E-state index < -0.39 is 29.6 Å². The highest BCUT2D eigenvalue weighted by molar-refractivity contribution is 5.97. The standard InChI is InChI=1S/C18H18N2O5/c1-11-16(18(23)24)20(7-8-25-11)17(22)13-9-14(19-15(21)10-13)12-5-3-2-4-6-12/h2-6,9-11,16H,7-8H2,1H3,(H,19,21)(H,23,24)/t11-,16+/m1/s1. The van der Waals surface area contributed by atoms with E-state index in [0.29, 0.717) is 5.69 Å².